The van der Waals surface area contributed by atoms with Gasteiger partial charge in [0.2, 0.25) is 11.8 Å². The van der Waals surface area contributed by atoms with Crippen molar-refractivity contribution in [3.05, 3.63) is 99.0 Å². The molecule has 0 saturated carbocycles. The molecule has 2 amide bonds. The van der Waals surface area contributed by atoms with Crippen LogP contribution in [-0.2, 0) is 26.2 Å². The molecule has 0 spiro atoms. The van der Waals surface area contributed by atoms with E-state index in [0.717, 1.165) is 14.3 Å². The standard InChI is InChI=1S/C27H29BrN4O6S/c1-19(2)29-27(34)20(3)30(17-21-9-11-22(28)12-10-21)26(33)18-31(23-13-15-24(16-14-23)32(35)36)39(37,38)25-7-5-4-6-8-25/h4-16,19-20H,17-18H2,1-3H3,(H,29,34). The molecule has 39 heavy (non-hydrogen) atoms. The molecular formula is C27H29BrN4O6S. The normalized spacial score (nSPS) is 12.0. The van der Waals surface area contributed by atoms with Crippen molar-refractivity contribution in [1.82, 2.24) is 10.2 Å². The molecule has 0 aromatic heterocycles. The number of sulfonamides is 1. The minimum absolute atomic E-state index is 0.0539. The van der Waals surface area contributed by atoms with Gasteiger partial charge in [0.15, 0.2) is 0 Å². The van der Waals surface area contributed by atoms with Crippen molar-refractivity contribution in [1.29, 1.82) is 0 Å². The zero-order valence-electron chi connectivity index (χ0n) is 21.7. The van der Waals surface area contributed by atoms with E-state index in [9.17, 15) is 28.1 Å². The van der Waals surface area contributed by atoms with Crippen molar-refractivity contribution < 1.29 is 22.9 Å². The Labute approximate surface area is 236 Å². The molecule has 3 aromatic rings. The Morgan fingerprint density at radius 2 is 1.54 bits per heavy atom. The van der Waals surface area contributed by atoms with Crippen molar-refractivity contribution in [2.24, 2.45) is 0 Å². The van der Waals surface area contributed by atoms with Crippen LogP contribution in [0.25, 0.3) is 0 Å². The van der Waals surface area contributed by atoms with Gasteiger partial charge in [-0.15, -0.1) is 0 Å². The smallest absolute Gasteiger partial charge is 0.269 e. The highest BCUT2D eigenvalue weighted by molar-refractivity contribution is 9.10. The van der Waals surface area contributed by atoms with E-state index in [0.29, 0.717) is 0 Å². The minimum atomic E-state index is -4.25. The van der Waals surface area contributed by atoms with Crippen LogP contribution in [-0.4, -0.2) is 48.7 Å². The number of amides is 2. The zero-order valence-corrected chi connectivity index (χ0v) is 24.1. The largest absolute Gasteiger partial charge is 0.352 e. The van der Waals surface area contributed by atoms with Gasteiger partial charge in [0.25, 0.3) is 15.7 Å². The highest BCUT2D eigenvalue weighted by Crippen LogP contribution is 2.26. The number of hydrogen-bond donors (Lipinski definition) is 1. The third-order valence-corrected chi connectivity index (χ3v) is 8.14. The van der Waals surface area contributed by atoms with E-state index in [1.54, 1.807) is 63.2 Å². The van der Waals surface area contributed by atoms with E-state index in [1.807, 2.05) is 0 Å². The first-order chi connectivity index (χ1) is 18.4. The van der Waals surface area contributed by atoms with Gasteiger partial charge >= 0.3 is 0 Å². The highest BCUT2D eigenvalue weighted by Gasteiger charge is 2.32. The summed E-state index contributed by atoms with van der Waals surface area (Å²) in [4.78, 5) is 38.5. The molecular weight excluding hydrogens is 588 g/mol. The van der Waals surface area contributed by atoms with Crippen molar-refractivity contribution in [3.63, 3.8) is 0 Å². The lowest BCUT2D eigenvalue weighted by atomic mass is 10.1. The van der Waals surface area contributed by atoms with Gasteiger partial charge in [-0.05, 0) is 62.7 Å². The van der Waals surface area contributed by atoms with E-state index in [2.05, 4.69) is 21.2 Å². The fraction of sp³-hybridized carbons (Fsp3) is 0.259. The van der Waals surface area contributed by atoms with Crippen LogP contribution in [0, 0.1) is 10.1 Å². The van der Waals surface area contributed by atoms with E-state index in [-0.39, 0.29) is 34.8 Å². The van der Waals surface area contributed by atoms with Gasteiger partial charge in [-0.2, -0.15) is 0 Å². The fourth-order valence-corrected chi connectivity index (χ4v) is 5.46. The summed E-state index contributed by atoms with van der Waals surface area (Å²) in [7, 11) is -4.25. The first-order valence-electron chi connectivity index (χ1n) is 12.1. The molecule has 0 bridgehead atoms. The van der Waals surface area contributed by atoms with Gasteiger partial charge in [0.05, 0.1) is 15.5 Å². The lowest BCUT2D eigenvalue weighted by Gasteiger charge is -2.32. The molecule has 0 heterocycles. The van der Waals surface area contributed by atoms with E-state index < -0.39 is 33.4 Å². The Kier molecular flexibility index (Phi) is 9.81. The number of carbonyl (C=O) groups excluding carboxylic acids is 2. The molecule has 3 aromatic carbocycles. The molecule has 3 rings (SSSR count). The summed E-state index contributed by atoms with van der Waals surface area (Å²) >= 11 is 3.38. The second-order valence-corrected chi connectivity index (χ2v) is 11.9. The van der Waals surface area contributed by atoms with E-state index >= 15 is 0 Å². The number of benzene rings is 3. The predicted octanol–water partition coefficient (Wildman–Crippen LogP) is 4.49. The third kappa shape index (κ3) is 7.64. The van der Waals surface area contributed by atoms with Crippen LogP contribution in [0.5, 0.6) is 0 Å². The molecule has 0 saturated heterocycles. The maximum absolute atomic E-state index is 13.8. The lowest BCUT2D eigenvalue weighted by Crippen LogP contribution is -2.52. The molecule has 0 fully saturated rings. The average molecular weight is 618 g/mol. The summed E-state index contributed by atoms with van der Waals surface area (Å²) in [6.07, 6.45) is 0. The van der Waals surface area contributed by atoms with Crippen LogP contribution in [0.15, 0.2) is 88.2 Å². The number of nitro benzene ring substituents is 1. The SMILES string of the molecule is CC(C)NC(=O)C(C)N(Cc1ccc(Br)cc1)C(=O)CN(c1ccc([N+](=O)[O-])cc1)S(=O)(=O)c1ccccc1. The van der Waals surface area contributed by atoms with Crippen molar-refractivity contribution in [2.45, 2.75) is 44.3 Å². The number of rotatable bonds is 11. The molecule has 10 nitrogen and oxygen atoms in total. The van der Waals surface area contributed by atoms with Gasteiger partial charge in [0.1, 0.15) is 12.6 Å². The van der Waals surface area contributed by atoms with Gasteiger partial charge in [-0.3, -0.25) is 24.0 Å². The summed E-state index contributed by atoms with van der Waals surface area (Å²) in [5.74, 6) is -1.01. The number of nitro groups is 1. The predicted molar refractivity (Wildman–Crippen MR) is 152 cm³/mol. The number of hydrogen-bond acceptors (Lipinski definition) is 6. The quantitative estimate of drug-likeness (QED) is 0.249. The molecule has 12 heteroatoms. The van der Waals surface area contributed by atoms with Gasteiger partial charge < -0.3 is 10.2 Å². The Hall–Kier alpha value is -3.77. The van der Waals surface area contributed by atoms with Gasteiger partial charge in [0, 0.05) is 29.2 Å². The summed E-state index contributed by atoms with van der Waals surface area (Å²) in [5, 5.41) is 13.9. The third-order valence-electron chi connectivity index (χ3n) is 5.82. The maximum Gasteiger partial charge on any atom is 0.269 e. The molecule has 0 aliphatic heterocycles. The van der Waals surface area contributed by atoms with Crippen LogP contribution in [0.3, 0.4) is 0 Å². The Bertz CT molecular complexity index is 1410. The van der Waals surface area contributed by atoms with Crippen LogP contribution >= 0.6 is 15.9 Å². The van der Waals surface area contributed by atoms with Crippen molar-refractivity contribution >= 4 is 49.1 Å². The monoisotopic (exact) mass is 616 g/mol. The molecule has 1 N–H and O–H groups in total. The topological polar surface area (TPSA) is 130 Å². The summed E-state index contributed by atoms with van der Waals surface area (Å²) in [6, 6.07) is 18.6. The van der Waals surface area contributed by atoms with E-state index in [4.69, 9.17) is 0 Å². The number of carbonyl (C=O) groups is 2. The van der Waals surface area contributed by atoms with Crippen LogP contribution in [0.2, 0.25) is 0 Å². The lowest BCUT2D eigenvalue weighted by molar-refractivity contribution is -0.384. The van der Waals surface area contributed by atoms with Crippen LogP contribution in [0.1, 0.15) is 26.3 Å². The van der Waals surface area contributed by atoms with Crippen LogP contribution < -0.4 is 9.62 Å². The molecule has 0 aliphatic carbocycles. The number of nitrogens with one attached hydrogen (secondary N) is 1. The number of nitrogens with zero attached hydrogens (tertiary/aromatic N) is 3. The van der Waals surface area contributed by atoms with Gasteiger partial charge in [-0.1, -0.05) is 46.3 Å². The molecule has 206 valence electrons. The maximum atomic E-state index is 13.8. The molecule has 1 atom stereocenters. The Morgan fingerprint density at radius 3 is 2.08 bits per heavy atom. The van der Waals surface area contributed by atoms with Crippen molar-refractivity contribution in [3.8, 4) is 0 Å². The highest BCUT2D eigenvalue weighted by atomic mass is 79.9. The van der Waals surface area contributed by atoms with Gasteiger partial charge in [-0.25, -0.2) is 8.42 Å². The molecule has 1 unspecified atom stereocenters. The number of halogens is 1. The first kappa shape index (κ1) is 29.8. The Morgan fingerprint density at radius 1 is 0.949 bits per heavy atom. The molecule has 0 aliphatic rings. The summed E-state index contributed by atoms with van der Waals surface area (Å²) in [6.45, 7) is 4.60. The second kappa shape index (κ2) is 12.9. The fourth-order valence-electron chi connectivity index (χ4n) is 3.76. The number of anilines is 1. The Balaban J connectivity index is 2.03. The van der Waals surface area contributed by atoms with Crippen molar-refractivity contribution in [2.75, 3.05) is 10.8 Å². The minimum Gasteiger partial charge on any atom is -0.352 e. The van der Waals surface area contributed by atoms with E-state index in [1.165, 1.54) is 41.3 Å². The average Bonchev–Trinajstić information content (AvgIpc) is 2.91. The zero-order chi connectivity index (χ0) is 28.7. The second-order valence-electron chi connectivity index (χ2n) is 9.09. The first-order valence-corrected chi connectivity index (χ1v) is 14.3. The molecule has 0 radical (unpaired) electrons. The number of non-ortho nitro benzene ring substituents is 1. The summed E-state index contributed by atoms with van der Waals surface area (Å²) in [5.41, 5.74) is 0.585. The van der Waals surface area contributed by atoms with Crippen LogP contribution in [0.4, 0.5) is 11.4 Å². The summed E-state index contributed by atoms with van der Waals surface area (Å²) < 4.78 is 29.1.